The van der Waals surface area contributed by atoms with Crippen LogP contribution in [0.1, 0.15) is 31.4 Å². The zero-order chi connectivity index (χ0) is 14.3. The van der Waals surface area contributed by atoms with E-state index in [0.717, 1.165) is 22.0 Å². The summed E-state index contributed by atoms with van der Waals surface area (Å²) in [6, 6.07) is 1.83. The summed E-state index contributed by atoms with van der Waals surface area (Å²) >= 11 is 6.01. The molecule has 3 rings (SSSR count). The molecule has 0 bridgehead atoms. The number of hydrogen-bond donors (Lipinski definition) is 0. The predicted molar refractivity (Wildman–Crippen MR) is 76.7 cm³/mol. The number of halogens is 1. The lowest BCUT2D eigenvalue weighted by atomic mass is 10.0. The van der Waals surface area contributed by atoms with Crippen LogP contribution in [0.3, 0.4) is 0 Å². The van der Waals surface area contributed by atoms with Crippen molar-refractivity contribution in [2.75, 3.05) is 0 Å². The topological polar surface area (TPSA) is 64.7 Å². The van der Waals surface area contributed by atoms with E-state index >= 15 is 0 Å². The molecule has 0 atom stereocenters. The van der Waals surface area contributed by atoms with Gasteiger partial charge in [-0.05, 0) is 12.0 Å². The third kappa shape index (κ3) is 2.14. The Balaban J connectivity index is 2.33. The van der Waals surface area contributed by atoms with Gasteiger partial charge in [0, 0.05) is 30.1 Å². The lowest BCUT2D eigenvalue weighted by molar-refractivity contribution is 0.533. The van der Waals surface area contributed by atoms with Crippen molar-refractivity contribution in [1.29, 1.82) is 0 Å². The van der Waals surface area contributed by atoms with Gasteiger partial charge in [0.1, 0.15) is 5.15 Å². The molecule has 20 heavy (non-hydrogen) atoms. The molecule has 0 amide bonds. The van der Waals surface area contributed by atoms with Gasteiger partial charge in [0.15, 0.2) is 0 Å². The van der Waals surface area contributed by atoms with E-state index in [1.54, 1.807) is 19.3 Å². The Morgan fingerprint density at radius 2 is 1.90 bits per heavy atom. The Kier molecular flexibility index (Phi) is 3.14. The lowest BCUT2D eigenvalue weighted by Gasteiger charge is -2.10. The maximum atomic E-state index is 6.01. The number of aryl methyl sites for hydroxylation is 1. The SMILES string of the molecule is Cc1nnc(-c2cnc(C(C)C)c3cc(Cl)ncc23)o1. The van der Waals surface area contributed by atoms with Gasteiger partial charge in [-0.15, -0.1) is 10.2 Å². The van der Waals surface area contributed by atoms with Crippen LogP contribution in [0.25, 0.3) is 22.2 Å². The largest absolute Gasteiger partial charge is 0.421 e. The first-order valence-electron chi connectivity index (χ1n) is 6.31. The molecular weight excluding hydrogens is 276 g/mol. The van der Waals surface area contributed by atoms with Crippen LogP contribution < -0.4 is 0 Å². The summed E-state index contributed by atoms with van der Waals surface area (Å²) in [7, 11) is 0. The maximum Gasteiger partial charge on any atom is 0.249 e. The molecule has 0 saturated carbocycles. The van der Waals surface area contributed by atoms with E-state index in [2.05, 4.69) is 34.0 Å². The second-order valence-corrected chi connectivity index (χ2v) is 5.28. The van der Waals surface area contributed by atoms with Crippen molar-refractivity contribution < 1.29 is 4.42 Å². The van der Waals surface area contributed by atoms with Crippen LogP contribution in [-0.4, -0.2) is 20.2 Å². The van der Waals surface area contributed by atoms with Gasteiger partial charge in [0.25, 0.3) is 0 Å². The van der Waals surface area contributed by atoms with Crippen molar-refractivity contribution in [3.63, 3.8) is 0 Å². The minimum atomic E-state index is 0.287. The molecule has 6 heteroatoms. The van der Waals surface area contributed by atoms with Crippen LogP contribution in [0.4, 0.5) is 0 Å². The summed E-state index contributed by atoms with van der Waals surface area (Å²) in [5, 5.41) is 10.2. The molecular formula is C14H13ClN4O. The maximum absolute atomic E-state index is 6.01. The highest BCUT2D eigenvalue weighted by atomic mass is 35.5. The molecule has 0 radical (unpaired) electrons. The number of pyridine rings is 2. The van der Waals surface area contributed by atoms with Crippen LogP contribution in [0.15, 0.2) is 22.9 Å². The van der Waals surface area contributed by atoms with Crippen LogP contribution in [-0.2, 0) is 0 Å². The van der Waals surface area contributed by atoms with Crippen molar-refractivity contribution in [1.82, 2.24) is 20.2 Å². The molecule has 0 N–H and O–H groups in total. The van der Waals surface area contributed by atoms with E-state index < -0.39 is 0 Å². The Morgan fingerprint density at radius 3 is 2.55 bits per heavy atom. The average Bonchev–Trinajstić information content (AvgIpc) is 2.83. The molecule has 0 aromatic carbocycles. The second-order valence-electron chi connectivity index (χ2n) is 4.89. The first kappa shape index (κ1) is 13.0. The summed E-state index contributed by atoms with van der Waals surface area (Å²) < 4.78 is 5.49. The third-order valence-corrected chi connectivity index (χ3v) is 3.28. The van der Waals surface area contributed by atoms with E-state index in [4.69, 9.17) is 16.0 Å². The quantitative estimate of drug-likeness (QED) is 0.672. The van der Waals surface area contributed by atoms with Crippen LogP contribution >= 0.6 is 11.6 Å². The number of aromatic nitrogens is 4. The first-order chi connectivity index (χ1) is 9.56. The summed E-state index contributed by atoms with van der Waals surface area (Å²) in [6.07, 6.45) is 3.47. The second kappa shape index (κ2) is 4.83. The van der Waals surface area contributed by atoms with E-state index in [1.807, 2.05) is 6.07 Å². The zero-order valence-corrected chi connectivity index (χ0v) is 12.1. The molecule has 5 nitrogen and oxygen atoms in total. The minimum Gasteiger partial charge on any atom is -0.421 e. The van der Waals surface area contributed by atoms with Gasteiger partial charge >= 0.3 is 0 Å². The lowest BCUT2D eigenvalue weighted by Crippen LogP contribution is -1.97. The summed E-state index contributed by atoms with van der Waals surface area (Å²) in [4.78, 5) is 8.67. The van der Waals surface area contributed by atoms with E-state index in [9.17, 15) is 0 Å². The van der Waals surface area contributed by atoms with Crippen LogP contribution in [0.2, 0.25) is 5.15 Å². The van der Waals surface area contributed by atoms with E-state index in [1.165, 1.54) is 0 Å². The van der Waals surface area contributed by atoms with Gasteiger partial charge < -0.3 is 4.42 Å². The highest BCUT2D eigenvalue weighted by molar-refractivity contribution is 6.30. The van der Waals surface area contributed by atoms with Gasteiger partial charge in [0.05, 0.1) is 11.3 Å². The first-order valence-corrected chi connectivity index (χ1v) is 6.68. The molecule has 0 aliphatic heterocycles. The fourth-order valence-electron chi connectivity index (χ4n) is 2.17. The number of nitrogens with zero attached hydrogens (tertiary/aromatic N) is 4. The Morgan fingerprint density at radius 1 is 1.10 bits per heavy atom. The Labute approximate surface area is 121 Å². The number of hydrogen-bond acceptors (Lipinski definition) is 5. The summed E-state index contributed by atoms with van der Waals surface area (Å²) in [5.74, 6) is 1.25. The van der Waals surface area contributed by atoms with Crippen molar-refractivity contribution in [3.8, 4) is 11.5 Å². The normalized spacial score (nSPS) is 11.4. The molecule has 0 saturated heterocycles. The smallest absolute Gasteiger partial charge is 0.249 e. The average molecular weight is 289 g/mol. The van der Waals surface area contributed by atoms with Crippen molar-refractivity contribution >= 4 is 22.4 Å². The van der Waals surface area contributed by atoms with Gasteiger partial charge in [-0.1, -0.05) is 25.4 Å². The van der Waals surface area contributed by atoms with Crippen molar-refractivity contribution in [2.24, 2.45) is 0 Å². The molecule has 3 aromatic rings. The molecule has 3 aromatic heterocycles. The molecule has 102 valence electrons. The zero-order valence-electron chi connectivity index (χ0n) is 11.4. The molecule has 3 heterocycles. The fourth-order valence-corrected chi connectivity index (χ4v) is 2.32. The van der Waals surface area contributed by atoms with Crippen LogP contribution in [0, 0.1) is 6.92 Å². The van der Waals surface area contributed by atoms with Gasteiger partial charge in [0.2, 0.25) is 11.8 Å². The fraction of sp³-hybridized carbons (Fsp3) is 0.286. The molecule has 0 aliphatic carbocycles. The molecule has 0 unspecified atom stereocenters. The van der Waals surface area contributed by atoms with Gasteiger partial charge in [-0.3, -0.25) is 4.98 Å². The highest BCUT2D eigenvalue weighted by Crippen LogP contribution is 2.32. The highest BCUT2D eigenvalue weighted by Gasteiger charge is 2.16. The standard InChI is InChI=1S/C14H13ClN4O/c1-7(2)13-9-4-12(15)16-5-10(9)11(6-17-13)14-19-18-8(3)20-14/h4-7H,1-3H3. The Hall–Kier alpha value is -2.01. The Bertz CT molecular complexity index is 782. The third-order valence-electron chi connectivity index (χ3n) is 3.07. The van der Waals surface area contributed by atoms with E-state index in [-0.39, 0.29) is 5.92 Å². The van der Waals surface area contributed by atoms with Gasteiger partial charge in [-0.25, -0.2) is 4.98 Å². The monoisotopic (exact) mass is 288 g/mol. The summed E-state index contributed by atoms with van der Waals surface area (Å²) in [6.45, 7) is 5.93. The van der Waals surface area contributed by atoms with E-state index in [0.29, 0.717) is 16.9 Å². The number of rotatable bonds is 2. The predicted octanol–water partition coefficient (Wildman–Crippen LogP) is 3.77. The molecule has 0 spiro atoms. The van der Waals surface area contributed by atoms with Crippen molar-refractivity contribution in [2.45, 2.75) is 26.7 Å². The van der Waals surface area contributed by atoms with Crippen molar-refractivity contribution in [3.05, 3.63) is 35.2 Å². The molecule has 0 aliphatic rings. The molecule has 0 fully saturated rings. The number of fused-ring (bicyclic) bond motifs is 1. The van der Waals surface area contributed by atoms with Crippen LogP contribution in [0.5, 0.6) is 0 Å². The minimum absolute atomic E-state index is 0.287. The van der Waals surface area contributed by atoms with Gasteiger partial charge in [-0.2, -0.15) is 0 Å². The summed E-state index contributed by atoms with van der Waals surface area (Å²) in [5.41, 5.74) is 1.75.